The quantitative estimate of drug-likeness (QED) is 0.0676. The second-order valence-electron chi connectivity index (χ2n) is 11.6. The first-order chi connectivity index (χ1) is 18.9. The number of hydrogen-bond acceptors (Lipinski definition) is 2. The van der Waals surface area contributed by atoms with Gasteiger partial charge in [-0.3, -0.25) is 0 Å². The summed E-state index contributed by atoms with van der Waals surface area (Å²) in [7, 11) is 0. The summed E-state index contributed by atoms with van der Waals surface area (Å²) in [5.41, 5.74) is 0. The van der Waals surface area contributed by atoms with Crippen molar-refractivity contribution >= 4 is 23.5 Å². The predicted octanol–water partition coefficient (Wildman–Crippen LogP) is 13.9. The van der Waals surface area contributed by atoms with Gasteiger partial charge in [-0.15, -0.1) is 23.5 Å². The Kier molecular flexibility index (Phi) is 28.3. The molecule has 2 heteroatoms. The van der Waals surface area contributed by atoms with Gasteiger partial charge in [0.1, 0.15) is 0 Å². The van der Waals surface area contributed by atoms with E-state index in [0.717, 1.165) is 0 Å². The van der Waals surface area contributed by atoms with Gasteiger partial charge in [-0.1, -0.05) is 168 Å². The smallest absolute Gasteiger partial charge is 0.00892 e. The van der Waals surface area contributed by atoms with Crippen LogP contribution in [0.15, 0.2) is 28.0 Å². The topological polar surface area (TPSA) is 0 Å². The van der Waals surface area contributed by atoms with Crippen LogP contribution in [0.1, 0.15) is 181 Å². The number of unbranched alkanes of at least 4 members (excludes halogenated alkanes) is 24. The fraction of sp³-hybridized carbons (Fsp3) is 0.833. The molecule has 0 fully saturated rings. The molecular weight excluding hydrogens is 497 g/mol. The van der Waals surface area contributed by atoms with E-state index in [1.165, 1.54) is 188 Å². The highest BCUT2D eigenvalue weighted by Crippen LogP contribution is 2.27. The van der Waals surface area contributed by atoms with E-state index in [4.69, 9.17) is 0 Å². The van der Waals surface area contributed by atoms with E-state index in [1.54, 1.807) is 0 Å². The summed E-state index contributed by atoms with van der Waals surface area (Å²) in [6, 6.07) is 10.2. The summed E-state index contributed by atoms with van der Waals surface area (Å²) < 4.78 is 0. The van der Waals surface area contributed by atoms with Crippen LogP contribution in [0.3, 0.4) is 0 Å². The van der Waals surface area contributed by atoms with Gasteiger partial charge in [-0.25, -0.2) is 0 Å². The summed E-state index contributed by atoms with van der Waals surface area (Å²) in [4.78, 5) is 2.83. The van der Waals surface area contributed by atoms with Crippen LogP contribution in [-0.4, -0.2) is 11.5 Å². The zero-order valence-corrected chi connectivity index (χ0v) is 27.5. The Bertz CT molecular complexity index is 537. The Hall–Kier alpha value is -0.0800. The van der Waals surface area contributed by atoms with Gasteiger partial charge in [0.05, 0.1) is 0 Å². The first-order valence-electron chi connectivity index (χ1n) is 17.1. The molecule has 0 heterocycles. The molecule has 0 aliphatic rings. The van der Waals surface area contributed by atoms with Gasteiger partial charge in [-0.2, -0.15) is 0 Å². The third-order valence-electron chi connectivity index (χ3n) is 7.77. The van der Waals surface area contributed by atoms with Crippen molar-refractivity contribution < 1.29 is 0 Å². The zero-order chi connectivity index (χ0) is 27.2. The minimum Gasteiger partial charge on any atom is -0.126 e. The molecule has 0 saturated heterocycles. The average molecular weight is 562 g/mol. The van der Waals surface area contributed by atoms with Crippen LogP contribution >= 0.6 is 23.5 Å². The number of benzene rings is 1. The van der Waals surface area contributed by atoms with Gasteiger partial charge in [0.25, 0.3) is 0 Å². The largest absolute Gasteiger partial charge is 0.126 e. The maximum Gasteiger partial charge on any atom is 0.00892 e. The normalized spacial score (nSPS) is 11.4. The molecule has 0 atom stereocenters. The Labute approximate surface area is 249 Å². The minimum atomic E-state index is 1.26. The monoisotopic (exact) mass is 561 g/mol. The van der Waals surface area contributed by atoms with Crippen molar-refractivity contribution in [1.82, 2.24) is 0 Å². The Morgan fingerprint density at radius 1 is 0.395 bits per heavy atom. The van der Waals surface area contributed by atoms with Crippen molar-refractivity contribution in [2.24, 2.45) is 0 Å². The molecule has 0 bridgehead atoms. The molecule has 38 heavy (non-hydrogen) atoms. The van der Waals surface area contributed by atoms with E-state index in [-0.39, 0.29) is 0 Å². The fourth-order valence-corrected chi connectivity index (χ4v) is 7.18. The lowest BCUT2D eigenvalue weighted by atomic mass is 10.1. The Balaban J connectivity index is 1.88. The SMILES string of the molecule is CCCCCCCCCCCCCCCSc1c[c]cc(SCCCCCCCCCCCCCCC)c1. The molecule has 1 radical (unpaired) electrons. The van der Waals surface area contributed by atoms with Crippen molar-refractivity contribution in [1.29, 1.82) is 0 Å². The molecule has 0 spiro atoms. The lowest BCUT2D eigenvalue weighted by Gasteiger charge is -2.06. The van der Waals surface area contributed by atoms with E-state index >= 15 is 0 Å². The molecule has 1 rings (SSSR count). The van der Waals surface area contributed by atoms with Crippen LogP contribution in [0.4, 0.5) is 0 Å². The van der Waals surface area contributed by atoms with Crippen LogP contribution in [0, 0.1) is 6.07 Å². The first kappa shape index (κ1) is 35.9. The van der Waals surface area contributed by atoms with Crippen molar-refractivity contribution in [2.45, 2.75) is 191 Å². The molecule has 221 valence electrons. The molecule has 0 aliphatic carbocycles. The third-order valence-corrected chi connectivity index (χ3v) is 9.89. The fourth-order valence-electron chi connectivity index (χ4n) is 5.22. The molecule has 1 aromatic rings. The average Bonchev–Trinajstić information content (AvgIpc) is 2.93. The van der Waals surface area contributed by atoms with Crippen molar-refractivity contribution in [3.63, 3.8) is 0 Å². The van der Waals surface area contributed by atoms with Gasteiger partial charge in [-0.05, 0) is 48.6 Å². The lowest BCUT2D eigenvalue weighted by Crippen LogP contribution is -1.86. The van der Waals surface area contributed by atoms with E-state index in [9.17, 15) is 0 Å². The van der Waals surface area contributed by atoms with Crippen LogP contribution < -0.4 is 0 Å². The molecular formula is C36H65S2. The standard InChI is InChI=1S/C36H65S2/c1-3-5-7-9-11-13-15-17-19-21-23-25-27-32-37-35-30-29-31-36(34-35)38-33-28-26-24-22-20-18-16-14-12-10-8-6-4-2/h30-31,34H,3-28,32-33H2,1-2H3. The summed E-state index contributed by atoms with van der Waals surface area (Å²) >= 11 is 4.07. The number of thioether (sulfide) groups is 2. The molecule has 0 aliphatic heterocycles. The molecule has 0 nitrogen and oxygen atoms in total. The van der Waals surface area contributed by atoms with Gasteiger partial charge in [0.2, 0.25) is 0 Å². The van der Waals surface area contributed by atoms with Crippen molar-refractivity contribution in [2.75, 3.05) is 11.5 Å². The molecule has 0 saturated carbocycles. The highest BCUT2D eigenvalue weighted by Gasteiger charge is 2.00. The Morgan fingerprint density at radius 2 is 0.658 bits per heavy atom. The molecule has 0 N–H and O–H groups in total. The first-order valence-corrected chi connectivity index (χ1v) is 19.1. The van der Waals surface area contributed by atoms with E-state index in [0.29, 0.717) is 0 Å². The van der Waals surface area contributed by atoms with Crippen molar-refractivity contribution in [3.8, 4) is 0 Å². The molecule has 0 amide bonds. The van der Waals surface area contributed by atoms with E-state index in [1.807, 2.05) is 23.5 Å². The van der Waals surface area contributed by atoms with Gasteiger partial charge in [0, 0.05) is 9.79 Å². The van der Waals surface area contributed by atoms with E-state index in [2.05, 4.69) is 38.1 Å². The number of rotatable bonds is 30. The summed E-state index contributed by atoms with van der Waals surface area (Å²) in [6.45, 7) is 4.60. The van der Waals surface area contributed by atoms with E-state index < -0.39 is 0 Å². The maximum atomic E-state index is 3.39. The van der Waals surface area contributed by atoms with Crippen LogP contribution in [0.5, 0.6) is 0 Å². The second-order valence-corrected chi connectivity index (χ2v) is 13.9. The lowest BCUT2D eigenvalue weighted by molar-refractivity contribution is 0.543. The summed E-state index contributed by atoms with van der Waals surface area (Å²) in [5.74, 6) is 2.52. The predicted molar refractivity (Wildman–Crippen MR) is 178 cm³/mol. The summed E-state index contributed by atoms with van der Waals surface area (Å²) in [6.07, 6.45) is 37.3. The number of hydrogen-bond donors (Lipinski definition) is 0. The Morgan fingerprint density at radius 3 is 0.947 bits per heavy atom. The highest BCUT2D eigenvalue weighted by molar-refractivity contribution is 8.00. The molecule has 1 aromatic carbocycles. The third kappa shape index (κ3) is 24.9. The zero-order valence-electron chi connectivity index (χ0n) is 25.8. The molecule has 0 unspecified atom stereocenters. The summed E-state index contributed by atoms with van der Waals surface area (Å²) in [5, 5.41) is 0. The van der Waals surface area contributed by atoms with Crippen LogP contribution in [0.2, 0.25) is 0 Å². The maximum absolute atomic E-state index is 3.39. The van der Waals surface area contributed by atoms with Crippen LogP contribution in [0.25, 0.3) is 0 Å². The van der Waals surface area contributed by atoms with Gasteiger partial charge >= 0.3 is 0 Å². The van der Waals surface area contributed by atoms with Gasteiger partial charge in [0.15, 0.2) is 0 Å². The van der Waals surface area contributed by atoms with Crippen molar-refractivity contribution in [3.05, 3.63) is 24.3 Å². The molecule has 0 aromatic heterocycles. The highest BCUT2D eigenvalue weighted by atomic mass is 32.2. The minimum absolute atomic E-state index is 1.26. The van der Waals surface area contributed by atoms with Crippen LogP contribution in [-0.2, 0) is 0 Å². The second kappa shape index (κ2) is 29.9. The van der Waals surface area contributed by atoms with Gasteiger partial charge < -0.3 is 0 Å².